The number of hydrogen-bond donors (Lipinski definition) is 1. The van der Waals surface area contributed by atoms with Crippen molar-refractivity contribution >= 4 is 28.9 Å². The molecule has 1 amide bonds. The number of carbonyl (C=O) groups is 2. The number of carbonyl (C=O) groups excluding carboxylic acids is 2. The lowest BCUT2D eigenvalue weighted by molar-refractivity contribution is -0.134. The Morgan fingerprint density at radius 1 is 1.20 bits per heavy atom. The third-order valence-electron chi connectivity index (χ3n) is 2.60. The first kappa shape index (κ1) is 14.3. The van der Waals surface area contributed by atoms with E-state index in [1.165, 1.54) is 6.92 Å². The van der Waals surface area contributed by atoms with Gasteiger partial charge in [0.05, 0.1) is 6.42 Å². The van der Waals surface area contributed by atoms with E-state index >= 15 is 0 Å². The second-order valence-electron chi connectivity index (χ2n) is 4.31. The van der Waals surface area contributed by atoms with Gasteiger partial charge in [0, 0.05) is 12.6 Å². The lowest BCUT2D eigenvalue weighted by atomic mass is 10.2. The van der Waals surface area contributed by atoms with Crippen LogP contribution in [0.25, 0.3) is 0 Å². The van der Waals surface area contributed by atoms with E-state index < -0.39 is 0 Å². The summed E-state index contributed by atoms with van der Waals surface area (Å²) in [6, 6.07) is 8.72. The number of nitrogens with one attached hydrogen (secondary N) is 1. The highest BCUT2D eigenvalue weighted by molar-refractivity contribution is 7.07. The third-order valence-corrected chi connectivity index (χ3v) is 3.34. The van der Waals surface area contributed by atoms with Gasteiger partial charge in [0.2, 0.25) is 5.91 Å². The first-order valence-electron chi connectivity index (χ1n) is 6.23. The van der Waals surface area contributed by atoms with Crippen molar-refractivity contribution in [2.75, 3.05) is 5.32 Å². The predicted molar refractivity (Wildman–Crippen MR) is 79.0 cm³/mol. The summed E-state index contributed by atoms with van der Waals surface area (Å²) in [4.78, 5) is 22.6. The maximum absolute atomic E-state index is 11.7. The Balaban J connectivity index is 1.83. The molecule has 1 aromatic carbocycles. The second kappa shape index (κ2) is 6.86. The maximum Gasteiger partial charge on any atom is 0.311 e. The SMILES string of the molecule is CC(=O)Nc1ccc(OC(=O)CCc2ccsc2)cc1. The number of rotatable bonds is 5. The van der Waals surface area contributed by atoms with Gasteiger partial charge in [0.15, 0.2) is 0 Å². The zero-order valence-corrected chi connectivity index (χ0v) is 11.9. The molecule has 0 fully saturated rings. The normalized spacial score (nSPS) is 10.1. The summed E-state index contributed by atoms with van der Waals surface area (Å²) in [6.07, 6.45) is 1.04. The van der Waals surface area contributed by atoms with Crippen LogP contribution in [0.15, 0.2) is 41.1 Å². The molecule has 2 rings (SSSR count). The van der Waals surface area contributed by atoms with Gasteiger partial charge >= 0.3 is 5.97 Å². The molecule has 0 bridgehead atoms. The monoisotopic (exact) mass is 289 g/mol. The van der Waals surface area contributed by atoms with Gasteiger partial charge in [-0.05, 0) is 53.1 Å². The van der Waals surface area contributed by atoms with Crippen molar-refractivity contribution in [3.63, 3.8) is 0 Å². The molecule has 1 aromatic heterocycles. The summed E-state index contributed by atoms with van der Waals surface area (Å²) < 4.78 is 5.22. The molecule has 20 heavy (non-hydrogen) atoms. The number of benzene rings is 1. The van der Waals surface area contributed by atoms with Crippen LogP contribution in [0.2, 0.25) is 0 Å². The average molecular weight is 289 g/mol. The zero-order valence-electron chi connectivity index (χ0n) is 11.1. The Hall–Kier alpha value is -2.14. The lowest BCUT2D eigenvalue weighted by Crippen LogP contribution is -2.09. The van der Waals surface area contributed by atoms with E-state index in [2.05, 4.69) is 5.32 Å². The first-order valence-corrected chi connectivity index (χ1v) is 7.17. The summed E-state index contributed by atoms with van der Waals surface area (Å²) in [5, 5.41) is 6.66. The number of ether oxygens (including phenoxy) is 1. The van der Waals surface area contributed by atoms with Crippen molar-refractivity contribution in [1.82, 2.24) is 0 Å². The molecule has 104 valence electrons. The van der Waals surface area contributed by atoms with Gasteiger partial charge in [0.25, 0.3) is 0 Å². The molecule has 5 heteroatoms. The summed E-state index contributed by atoms with van der Waals surface area (Å²) in [5.74, 6) is 0.0865. The number of hydrogen-bond acceptors (Lipinski definition) is 4. The topological polar surface area (TPSA) is 55.4 Å². The lowest BCUT2D eigenvalue weighted by Gasteiger charge is -2.06. The molecule has 0 atom stereocenters. The van der Waals surface area contributed by atoms with E-state index in [9.17, 15) is 9.59 Å². The van der Waals surface area contributed by atoms with Crippen molar-refractivity contribution in [3.05, 3.63) is 46.7 Å². The zero-order chi connectivity index (χ0) is 14.4. The average Bonchev–Trinajstić information content (AvgIpc) is 2.91. The molecule has 1 N–H and O–H groups in total. The predicted octanol–water partition coefficient (Wildman–Crippen LogP) is 3.24. The minimum atomic E-state index is -0.261. The Bertz CT molecular complexity index is 576. The first-order chi connectivity index (χ1) is 9.63. The summed E-state index contributed by atoms with van der Waals surface area (Å²) in [6.45, 7) is 1.44. The van der Waals surface area contributed by atoms with Crippen LogP contribution in [-0.2, 0) is 16.0 Å². The summed E-state index contributed by atoms with van der Waals surface area (Å²) >= 11 is 1.62. The van der Waals surface area contributed by atoms with Crippen molar-refractivity contribution in [1.29, 1.82) is 0 Å². The smallest absolute Gasteiger partial charge is 0.311 e. The van der Waals surface area contributed by atoms with Crippen molar-refractivity contribution in [2.24, 2.45) is 0 Å². The second-order valence-corrected chi connectivity index (χ2v) is 5.09. The maximum atomic E-state index is 11.7. The molecule has 0 saturated heterocycles. The van der Waals surface area contributed by atoms with E-state index in [4.69, 9.17) is 4.74 Å². The van der Waals surface area contributed by atoms with Crippen LogP contribution in [0.3, 0.4) is 0 Å². The molecular weight excluding hydrogens is 274 g/mol. The van der Waals surface area contributed by atoms with Crippen LogP contribution in [0, 0.1) is 0 Å². The van der Waals surface area contributed by atoms with E-state index in [0.29, 0.717) is 24.3 Å². The van der Waals surface area contributed by atoms with Crippen LogP contribution >= 0.6 is 11.3 Å². The van der Waals surface area contributed by atoms with E-state index in [1.54, 1.807) is 35.6 Å². The Labute approximate surface area is 121 Å². The van der Waals surface area contributed by atoms with Crippen molar-refractivity contribution in [2.45, 2.75) is 19.8 Å². The van der Waals surface area contributed by atoms with Crippen LogP contribution in [-0.4, -0.2) is 11.9 Å². The minimum absolute atomic E-state index is 0.134. The van der Waals surface area contributed by atoms with Gasteiger partial charge < -0.3 is 10.1 Å². The highest BCUT2D eigenvalue weighted by Crippen LogP contribution is 2.17. The number of amides is 1. The third kappa shape index (κ3) is 4.51. The summed E-state index contributed by atoms with van der Waals surface area (Å²) in [7, 11) is 0. The number of esters is 1. The number of thiophene rings is 1. The molecule has 0 unspecified atom stereocenters. The molecule has 0 aliphatic heterocycles. The molecule has 0 spiro atoms. The van der Waals surface area contributed by atoms with Gasteiger partial charge in [-0.25, -0.2) is 0 Å². The Morgan fingerprint density at radius 2 is 1.95 bits per heavy atom. The molecular formula is C15H15NO3S. The van der Waals surface area contributed by atoms with Crippen LogP contribution in [0.4, 0.5) is 5.69 Å². The molecule has 1 heterocycles. The highest BCUT2D eigenvalue weighted by Gasteiger charge is 2.06. The van der Waals surface area contributed by atoms with E-state index in [-0.39, 0.29) is 11.9 Å². The quantitative estimate of drug-likeness (QED) is 0.679. The fourth-order valence-electron chi connectivity index (χ4n) is 1.67. The van der Waals surface area contributed by atoms with Gasteiger partial charge in [-0.2, -0.15) is 11.3 Å². The molecule has 0 radical (unpaired) electrons. The highest BCUT2D eigenvalue weighted by atomic mass is 32.1. The van der Waals surface area contributed by atoms with Gasteiger partial charge in [0.1, 0.15) is 5.75 Å². The molecule has 0 aliphatic rings. The fraction of sp³-hybridized carbons (Fsp3) is 0.200. The molecule has 0 aliphatic carbocycles. The summed E-state index contributed by atoms with van der Waals surface area (Å²) in [5.41, 5.74) is 1.82. The number of aryl methyl sites for hydroxylation is 1. The van der Waals surface area contributed by atoms with Crippen LogP contribution in [0.5, 0.6) is 5.75 Å². The minimum Gasteiger partial charge on any atom is -0.427 e. The standard InChI is InChI=1S/C15H15NO3S/c1-11(17)16-13-3-5-14(6-4-13)19-15(18)7-2-12-8-9-20-10-12/h3-6,8-10H,2,7H2,1H3,(H,16,17). The largest absolute Gasteiger partial charge is 0.427 e. The van der Waals surface area contributed by atoms with Gasteiger partial charge in [-0.15, -0.1) is 0 Å². The van der Waals surface area contributed by atoms with Crippen molar-refractivity contribution < 1.29 is 14.3 Å². The Kier molecular flexibility index (Phi) is 4.90. The van der Waals surface area contributed by atoms with Gasteiger partial charge in [-0.3, -0.25) is 9.59 Å². The van der Waals surface area contributed by atoms with Crippen molar-refractivity contribution in [3.8, 4) is 5.75 Å². The molecule has 4 nitrogen and oxygen atoms in total. The number of anilines is 1. The van der Waals surface area contributed by atoms with Crippen LogP contribution in [0.1, 0.15) is 18.9 Å². The van der Waals surface area contributed by atoms with Gasteiger partial charge in [-0.1, -0.05) is 0 Å². The fourth-order valence-corrected chi connectivity index (χ4v) is 2.38. The molecule has 2 aromatic rings. The van der Waals surface area contributed by atoms with Crippen LogP contribution < -0.4 is 10.1 Å². The molecule has 0 saturated carbocycles. The van der Waals surface area contributed by atoms with E-state index in [1.807, 2.05) is 16.8 Å². The Morgan fingerprint density at radius 3 is 2.55 bits per heavy atom. The van der Waals surface area contributed by atoms with E-state index in [0.717, 1.165) is 5.56 Å².